The number of rotatable bonds is 8. The van der Waals surface area contributed by atoms with Gasteiger partial charge in [0.1, 0.15) is 0 Å². The fourth-order valence-corrected chi connectivity index (χ4v) is 1.11. The third-order valence-electron chi connectivity index (χ3n) is 3.01. The molecule has 0 aliphatic heterocycles. The molecule has 0 amide bonds. The van der Waals surface area contributed by atoms with Crippen molar-refractivity contribution in [2.45, 2.75) is 65.6 Å². The Bertz CT molecular complexity index is 130. The molecule has 0 heterocycles. The van der Waals surface area contributed by atoms with Crippen LogP contribution in [0.25, 0.3) is 0 Å². The molecule has 0 saturated carbocycles. The van der Waals surface area contributed by atoms with Crippen LogP contribution in [0, 0.1) is 0 Å². The van der Waals surface area contributed by atoms with Crippen LogP contribution in [0.4, 0.5) is 0 Å². The Balaban J connectivity index is 3.52. The minimum absolute atomic E-state index is 0.0405. The molecule has 1 unspecified atom stereocenters. The molecule has 14 heavy (non-hydrogen) atoms. The molecular formula is C12H26O2. The van der Waals surface area contributed by atoms with Crippen LogP contribution in [0.5, 0.6) is 0 Å². The van der Waals surface area contributed by atoms with Gasteiger partial charge in [-0.3, -0.25) is 0 Å². The lowest BCUT2D eigenvalue weighted by Gasteiger charge is -2.27. The molecule has 2 heteroatoms. The Morgan fingerprint density at radius 1 is 1.07 bits per heavy atom. The smallest absolute Gasteiger partial charge is 0.0708 e. The van der Waals surface area contributed by atoms with Crippen LogP contribution in [0.3, 0.4) is 0 Å². The molecule has 0 fully saturated rings. The summed E-state index contributed by atoms with van der Waals surface area (Å²) in [6.07, 6.45) is 3.55. The summed E-state index contributed by atoms with van der Waals surface area (Å²) in [7, 11) is 0. The van der Waals surface area contributed by atoms with E-state index in [0.29, 0.717) is 19.3 Å². The van der Waals surface area contributed by atoms with Gasteiger partial charge in [0.05, 0.1) is 24.9 Å². The van der Waals surface area contributed by atoms with Crippen molar-refractivity contribution in [3.63, 3.8) is 0 Å². The van der Waals surface area contributed by atoms with Gasteiger partial charge in [0, 0.05) is 0 Å². The van der Waals surface area contributed by atoms with Gasteiger partial charge in [-0.25, -0.2) is 0 Å². The molecule has 0 aromatic carbocycles. The second-order valence-electron chi connectivity index (χ2n) is 4.10. The van der Waals surface area contributed by atoms with Crippen molar-refractivity contribution in [3.05, 3.63) is 0 Å². The molecule has 0 aromatic heterocycles. The van der Waals surface area contributed by atoms with Crippen LogP contribution < -0.4 is 0 Å². The Labute approximate surface area is 89.0 Å². The topological polar surface area (TPSA) is 18.5 Å². The largest absolute Gasteiger partial charge is 0.376 e. The van der Waals surface area contributed by atoms with Gasteiger partial charge in [-0.05, 0) is 33.1 Å². The molecule has 0 bridgehead atoms. The van der Waals surface area contributed by atoms with E-state index in [1.165, 1.54) is 0 Å². The fraction of sp³-hybridized carbons (Fsp3) is 1.00. The summed E-state index contributed by atoms with van der Waals surface area (Å²) in [5, 5.41) is 0. The van der Waals surface area contributed by atoms with Gasteiger partial charge in [0.15, 0.2) is 0 Å². The number of hydrogen-bond acceptors (Lipinski definition) is 2. The molecule has 0 rings (SSSR count). The van der Waals surface area contributed by atoms with Crippen molar-refractivity contribution < 1.29 is 9.47 Å². The molecule has 0 aliphatic carbocycles. The number of ether oxygens (including phenoxy) is 2. The van der Waals surface area contributed by atoms with Crippen molar-refractivity contribution in [1.82, 2.24) is 0 Å². The summed E-state index contributed by atoms with van der Waals surface area (Å²) in [4.78, 5) is 0. The van der Waals surface area contributed by atoms with Crippen LogP contribution in [0.15, 0.2) is 0 Å². The first-order valence-corrected chi connectivity index (χ1v) is 5.83. The van der Waals surface area contributed by atoms with Gasteiger partial charge in [0.2, 0.25) is 0 Å². The van der Waals surface area contributed by atoms with E-state index in [1.54, 1.807) is 0 Å². The maximum Gasteiger partial charge on any atom is 0.0708 e. The first-order chi connectivity index (χ1) is 6.58. The van der Waals surface area contributed by atoms with E-state index in [0.717, 1.165) is 19.3 Å². The molecular weight excluding hydrogens is 176 g/mol. The predicted molar refractivity (Wildman–Crippen MR) is 60.6 cm³/mol. The van der Waals surface area contributed by atoms with E-state index in [4.69, 9.17) is 9.47 Å². The van der Waals surface area contributed by atoms with Crippen LogP contribution in [0.2, 0.25) is 0 Å². The standard InChI is InChI=1S/C12H26O2/c1-6-11(4)13-9-10-14-12(5,7-2)8-3/h11H,6-10H2,1-5H3. The van der Waals surface area contributed by atoms with E-state index in [2.05, 4.69) is 34.6 Å². The van der Waals surface area contributed by atoms with Crippen LogP contribution in [0.1, 0.15) is 53.9 Å². The molecule has 2 nitrogen and oxygen atoms in total. The SMILES string of the molecule is CCC(C)OCCOC(C)(CC)CC. The summed E-state index contributed by atoms with van der Waals surface area (Å²) in [5.74, 6) is 0. The van der Waals surface area contributed by atoms with Crippen molar-refractivity contribution in [3.8, 4) is 0 Å². The first kappa shape index (κ1) is 13.9. The molecule has 86 valence electrons. The molecule has 1 atom stereocenters. The van der Waals surface area contributed by atoms with Crippen molar-refractivity contribution in [1.29, 1.82) is 0 Å². The average Bonchev–Trinajstić information content (AvgIpc) is 2.23. The van der Waals surface area contributed by atoms with Gasteiger partial charge in [-0.2, -0.15) is 0 Å². The highest BCUT2D eigenvalue weighted by atomic mass is 16.5. The second kappa shape index (κ2) is 7.24. The Hall–Kier alpha value is -0.0800. The summed E-state index contributed by atoms with van der Waals surface area (Å²) in [5.41, 5.74) is 0.0405. The Morgan fingerprint density at radius 2 is 1.64 bits per heavy atom. The van der Waals surface area contributed by atoms with Gasteiger partial charge >= 0.3 is 0 Å². The van der Waals surface area contributed by atoms with Gasteiger partial charge in [-0.1, -0.05) is 20.8 Å². The zero-order chi connectivity index (χ0) is 11.0. The van der Waals surface area contributed by atoms with Gasteiger partial charge in [-0.15, -0.1) is 0 Å². The zero-order valence-corrected chi connectivity index (χ0v) is 10.4. The second-order valence-corrected chi connectivity index (χ2v) is 4.10. The minimum atomic E-state index is 0.0405. The van der Waals surface area contributed by atoms with Crippen molar-refractivity contribution in [2.24, 2.45) is 0 Å². The lowest BCUT2D eigenvalue weighted by molar-refractivity contribution is -0.0708. The third-order valence-corrected chi connectivity index (χ3v) is 3.01. The molecule has 0 radical (unpaired) electrons. The van der Waals surface area contributed by atoms with E-state index < -0.39 is 0 Å². The van der Waals surface area contributed by atoms with E-state index >= 15 is 0 Å². The third kappa shape index (κ3) is 5.61. The quantitative estimate of drug-likeness (QED) is 0.562. The maximum absolute atomic E-state index is 5.80. The van der Waals surface area contributed by atoms with E-state index in [9.17, 15) is 0 Å². The highest BCUT2D eigenvalue weighted by Crippen LogP contribution is 2.18. The normalized spacial score (nSPS) is 14.4. The monoisotopic (exact) mass is 202 g/mol. The molecule has 0 spiro atoms. The molecule has 0 N–H and O–H groups in total. The summed E-state index contributed by atoms with van der Waals surface area (Å²) in [6.45, 7) is 12.1. The van der Waals surface area contributed by atoms with E-state index in [1.807, 2.05) is 0 Å². The zero-order valence-electron chi connectivity index (χ0n) is 10.4. The van der Waals surface area contributed by atoms with Gasteiger partial charge < -0.3 is 9.47 Å². The van der Waals surface area contributed by atoms with Crippen LogP contribution in [-0.2, 0) is 9.47 Å². The summed E-state index contributed by atoms with van der Waals surface area (Å²) in [6, 6.07) is 0. The van der Waals surface area contributed by atoms with Gasteiger partial charge in [0.25, 0.3) is 0 Å². The van der Waals surface area contributed by atoms with Crippen molar-refractivity contribution in [2.75, 3.05) is 13.2 Å². The average molecular weight is 202 g/mol. The molecule has 0 aliphatic rings. The van der Waals surface area contributed by atoms with E-state index in [-0.39, 0.29) is 5.60 Å². The number of hydrogen-bond donors (Lipinski definition) is 0. The highest BCUT2D eigenvalue weighted by molar-refractivity contribution is 4.70. The fourth-order valence-electron chi connectivity index (χ4n) is 1.11. The first-order valence-electron chi connectivity index (χ1n) is 5.83. The van der Waals surface area contributed by atoms with Crippen LogP contribution >= 0.6 is 0 Å². The minimum Gasteiger partial charge on any atom is -0.376 e. The van der Waals surface area contributed by atoms with Crippen molar-refractivity contribution >= 4 is 0 Å². The lowest BCUT2D eigenvalue weighted by Crippen LogP contribution is -2.28. The summed E-state index contributed by atoms with van der Waals surface area (Å²) >= 11 is 0. The predicted octanol–water partition coefficient (Wildman–Crippen LogP) is 3.40. The lowest BCUT2D eigenvalue weighted by atomic mass is 10.0. The summed E-state index contributed by atoms with van der Waals surface area (Å²) < 4.78 is 11.3. The van der Waals surface area contributed by atoms with Crippen LogP contribution in [-0.4, -0.2) is 24.9 Å². The molecule has 0 aromatic rings. The Kier molecular flexibility index (Phi) is 7.20. The molecule has 0 saturated heterocycles. The highest BCUT2D eigenvalue weighted by Gasteiger charge is 2.19. The maximum atomic E-state index is 5.80. The Morgan fingerprint density at radius 3 is 2.07 bits per heavy atom.